The van der Waals surface area contributed by atoms with Crippen LogP contribution in [0.5, 0.6) is 11.5 Å². The molecule has 10 heteroatoms. The van der Waals surface area contributed by atoms with Crippen LogP contribution in [0.25, 0.3) is 0 Å². The number of benzene rings is 2. The Morgan fingerprint density at radius 1 is 1.12 bits per heavy atom. The van der Waals surface area contributed by atoms with Crippen molar-refractivity contribution in [2.24, 2.45) is 0 Å². The third kappa shape index (κ3) is 4.62. The molecule has 1 unspecified atom stereocenters. The number of rotatable bonds is 7. The van der Waals surface area contributed by atoms with Gasteiger partial charge in [0.25, 0.3) is 0 Å². The molecule has 0 aliphatic carbocycles. The van der Waals surface area contributed by atoms with E-state index in [1.165, 1.54) is 13.4 Å². The quantitative estimate of drug-likeness (QED) is 0.466. The van der Waals surface area contributed by atoms with Crippen LogP contribution in [0.15, 0.2) is 54.0 Å². The van der Waals surface area contributed by atoms with Crippen LogP contribution in [0.1, 0.15) is 31.0 Å². The van der Waals surface area contributed by atoms with Gasteiger partial charge in [-0.2, -0.15) is 10.1 Å². The van der Waals surface area contributed by atoms with Crippen LogP contribution >= 0.6 is 23.2 Å². The molecule has 0 saturated heterocycles. The highest BCUT2D eigenvalue weighted by Gasteiger charge is 2.34. The van der Waals surface area contributed by atoms with E-state index in [1.807, 2.05) is 25.1 Å². The first-order chi connectivity index (χ1) is 15.9. The fraction of sp³-hybridized carbons (Fsp3) is 0.261. The number of hydrogen-bond acceptors (Lipinski definition) is 7. The van der Waals surface area contributed by atoms with Crippen LogP contribution in [0, 0.1) is 0 Å². The molecule has 0 saturated carbocycles. The van der Waals surface area contributed by atoms with Gasteiger partial charge < -0.3 is 19.5 Å². The lowest BCUT2D eigenvalue weighted by Gasteiger charge is -2.28. The van der Waals surface area contributed by atoms with Crippen LogP contribution in [-0.2, 0) is 16.1 Å². The second-order valence-corrected chi connectivity index (χ2v) is 8.08. The molecule has 172 valence electrons. The summed E-state index contributed by atoms with van der Waals surface area (Å²) in [5, 5.41) is 8.35. The van der Waals surface area contributed by atoms with E-state index in [2.05, 4.69) is 15.4 Å². The number of methoxy groups -OCH3 is 1. The lowest BCUT2D eigenvalue weighted by Crippen LogP contribution is -2.29. The number of nitrogens with one attached hydrogen (secondary N) is 1. The molecule has 0 fully saturated rings. The second-order valence-electron chi connectivity index (χ2n) is 7.26. The van der Waals surface area contributed by atoms with E-state index in [0.717, 1.165) is 11.1 Å². The number of esters is 1. The number of anilines is 1. The van der Waals surface area contributed by atoms with Crippen molar-refractivity contribution >= 4 is 35.1 Å². The zero-order valence-corrected chi connectivity index (χ0v) is 19.8. The summed E-state index contributed by atoms with van der Waals surface area (Å²) in [6, 6.07) is 10.3. The van der Waals surface area contributed by atoms with E-state index in [1.54, 1.807) is 29.8 Å². The number of hydrogen-bond donors (Lipinski definition) is 1. The van der Waals surface area contributed by atoms with Crippen molar-refractivity contribution in [1.82, 2.24) is 14.8 Å². The van der Waals surface area contributed by atoms with Gasteiger partial charge in [-0.25, -0.2) is 9.48 Å². The van der Waals surface area contributed by atoms with Crippen LogP contribution in [0.2, 0.25) is 10.0 Å². The second kappa shape index (κ2) is 9.72. The van der Waals surface area contributed by atoms with Crippen molar-refractivity contribution in [3.8, 4) is 11.5 Å². The van der Waals surface area contributed by atoms with E-state index in [9.17, 15) is 4.79 Å². The number of carbonyl (C=O) groups excluding carboxylic acids is 1. The Hall–Kier alpha value is -3.23. The molecule has 4 rings (SSSR count). The lowest BCUT2D eigenvalue weighted by atomic mass is 9.95. The van der Waals surface area contributed by atoms with Crippen molar-refractivity contribution in [1.29, 1.82) is 0 Å². The van der Waals surface area contributed by atoms with Crippen molar-refractivity contribution in [3.63, 3.8) is 0 Å². The molecule has 1 aliphatic rings. The van der Waals surface area contributed by atoms with Gasteiger partial charge >= 0.3 is 5.97 Å². The first kappa shape index (κ1) is 22.9. The van der Waals surface area contributed by atoms with E-state index < -0.39 is 12.0 Å². The molecule has 1 N–H and O–H groups in total. The Bertz CT molecular complexity index is 1220. The third-order valence-electron chi connectivity index (χ3n) is 5.16. The molecule has 0 bridgehead atoms. The summed E-state index contributed by atoms with van der Waals surface area (Å²) >= 11 is 12.1. The summed E-state index contributed by atoms with van der Waals surface area (Å²) in [6.07, 6.45) is 1.43. The summed E-state index contributed by atoms with van der Waals surface area (Å²) < 4.78 is 18.5. The predicted molar refractivity (Wildman–Crippen MR) is 125 cm³/mol. The van der Waals surface area contributed by atoms with E-state index >= 15 is 0 Å². The Morgan fingerprint density at radius 3 is 2.67 bits per heavy atom. The van der Waals surface area contributed by atoms with Gasteiger partial charge in [0.05, 0.1) is 29.3 Å². The Balaban J connectivity index is 1.69. The predicted octanol–water partition coefficient (Wildman–Crippen LogP) is 5.02. The highest BCUT2D eigenvalue weighted by molar-refractivity contribution is 6.42. The summed E-state index contributed by atoms with van der Waals surface area (Å²) in [5.74, 6) is 1.17. The maximum absolute atomic E-state index is 12.6. The van der Waals surface area contributed by atoms with Crippen LogP contribution < -0.4 is 14.8 Å². The number of halogens is 2. The number of nitrogens with zero attached hydrogens (tertiary/aromatic N) is 3. The molecule has 1 atom stereocenters. The number of fused-ring (bicyclic) bond motifs is 1. The van der Waals surface area contributed by atoms with Crippen LogP contribution in [-0.4, -0.2) is 34.5 Å². The Labute approximate surface area is 201 Å². The molecular formula is C23H22Cl2N4O4. The fourth-order valence-corrected chi connectivity index (χ4v) is 3.97. The number of carbonyl (C=O) groups is 1. The summed E-state index contributed by atoms with van der Waals surface area (Å²) in [4.78, 5) is 16.9. The van der Waals surface area contributed by atoms with E-state index in [0.29, 0.717) is 45.4 Å². The van der Waals surface area contributed by atoms with Gasteiger partial charge in [0.2, 0.25) is 5.95 Å². The van der Waals surface area contributed by atoms with E-state index in [-0.39, 0.29) is 6.61 Å². The number of allylic oxidation sites excluding steroid dienone is 1. The molecule has 1 aliphatic heterocycles. The highest BCUT2D eigenvalue weighted by atomic mass is 35.5. The fourth-order valence-electron chi connectivity index (χ4n) is 3.65. The van der Waals surface area contributed by atoms with Crippen LogP contribution in [0.4, 0.5) is 5.95 Å². The van der Waals surface area contributed by atoms with Crippen molar-refractivity contribution in [2.45, 2.75) is 26.5 Å². The van der Waals surface area contributed by atoms with Gasteiger partial charge in [0.15, 0.2) is 11.5 Å². The van der Waals surface area contributed by atoms with Gasteiger partial charge in [-0.05, 0) is 49.2 Å². The number of ether oxygens (including phenoxy) is 3. The minimum atomic E-state index is -0.542. The number of aromatic nitrogens is 3. The zero-order chi connectivity index (χ0) is 23.5. The molecule has 3 aromatic rings. The Kier molecular flexibility index (Phi) is 6.76. The van der Waals surface area contributed by atoms with Crippen LogP contribution in [0.3, 0.4) is 0 Å². The summed E-state index contributed by atoms with van der Waals surface area (Å²) in [5.41, 5.74) is 2.72. The van der Waals surface area contributed by atoms with Gasteiger partial charge in [-0.1, -0.05) is 35.3 Å². The molecule has 0 radical (unpaired) electrons. The van der Waals surface area contributed by atoms with Crippen molar-refractivity contribution in [3.05, 3.63) is 75.2 Å². The average molecular weight is 489 g/mol. The molecule has 33 heavy (non-hydrogen) atoms. The molecule has 8 nitrogen and oxygen atoms in total. The standard InChI is InChI=1S/C23H22Cl2N4O4/c1-4-32-19-10-15(6-8-18(19)33-11-14-5-7-16(24)17(25)9-14)21-20(22(30)31-3)13(2)28-23-26-12-27-29(21)23/h5-10,12,21H,4,11H2,1-3H3,(H,26,27,28). The van der Waals surface area contributed by atoms with E-state index in [4.69, 9.17) is 37.4 Å². The molecular weight excluding hydrogens is 467 g/mol. The van der Waals surface area contributed by atoms with Gasteiger partial charge in [-0.3, -0.25) is 0 Å². The maximum Gasteiger partial charge on any atom is 0.338 e. The smallest absolute Gasteiger partial charge is 0.338 e. The topological polar surface area (TPSA) is 87.5 Å². The normalized spacial score (nSPS) is 15.0. The average Bonchev–Trinajstić information content (AvgIpc) is 3.27. The maximum atomic E-state index is 12.6. The molecule has 2 heterocycles. The van der Waals surface area contributed by atoms with Crippen molar-refractivity contribution in [2.75, 3.05) is 19.0 Å². The minimum absolute atomic E-state index is 0.281. The summed E-state index contributed by atoms with van der Waals surface area (Å²) in [6.45, 7) is 4.41. The summed E-state index contributed by atoms with van der Waals surface area (Å²) in [7, 11) is 1.35. The molecule has 1 aromatic heterocycles. The largest absolute Gasteiger partial charge is 0.490 e. The van der Waals surface area contributed by atoms with Crippen molar-refractivity contribution < 1.29 is 19.0 Å². The van der Waals surface area contributed by atoms with Gasteiger partial charge in [0, 0.05) is 5.70 Å². The first-order valence-corrected chi connectivity index (χ1v) is 11.0. The molecule has 0 spiro atoms. The molecule has 0 amide bonds. The first-order valence-electron chi connectivity index (χ1n) is 10.2. The minimum Gasteiger partial charge on any atom is -0.490 e. The molecule has 2 aromatic carbocycles. The lowest BCUT2D eigenvalue weighted by molar-refractivity contribution is -0.136. The SMILES string of the molecule is CCOc1cc(C2C(C(=O)OC)=C(C)Nc3ncnn32)ccc1OCc1ccc(Cl)c(Cl)c1. The monoisotopic (exact) mass is 488 g/mol. The third-order valence-corrected chi connectivity index (χ3v) is 5.90. The highest BCUT2D eigenvalue weighted by Crippen LogP contribution is 2.39. The Morgan fingerprint density at radius 2 is 1.94 bits per heavy atom. The van der Waals surface area contributed by atoms with Gasteiger partial charge in [-0.15, -0.1) is 0 Å². The van der Waals surface area contributed by atoms with Gasteiger partial charge in [0.1, 0.15) is 19.0 Å². The zero-order valence-electron chi connectivity index (χ0n) is 18.3.